The molecule has 0 radical (unpaired) electrons. The average molecular weight is 179 g/mol. The molecule has 1 fully saturated rings. The molecule has 2 heterocycles. The van der Waals surface area contributed by atoms with Crippen LogP contribution in [-0.2, 0) is 4.74 Å². The zero-order valence-electron chi connectivity index (χ0n) is 7.44. The summed E-state index contributed by atoms with van der Waals surface area (Å²) in [6, 6.07) is 0. The summed E-state index contributed by atoms with van der Waals surface area (Å²) >= 11 is 0. The molecule has 0 spiro atoms. The molecule has 0 aliphatic carbocycles. The Bertz CT molecular complexity index is 244. The van der Waals surface area contributed by atoms with Crippen molar-refractivity contribution < 1.29 is 4.74 Å². The Labute approximate surface area is 77.4 Å². The van der Waals surface area contributed by atoms with Crippen LogP contribution in [0.4, 0.5) is 0 Å². The van der Waals surface area contributed by atoms with Gasteiger partial charge in [-0.15, -0.1) is 0 Å². The number of nitrogens with zero attached hydrogens (tertiary/aromatic N) is 2. The molecular weight excluding hydrogens is 166 g/mol. The second-order valence-corrected chi connectivity index (χ2v) is 3.05. The standard InChI is InChI=1S/C9H13N3O/c1-2-10-7-9(13-5-1)8-6-11-3-4-12-8/h3-4,6,9-10H,1-2,5,7H2/t9-/m1/s1. The number of hydrogen-bond acceptors (Lipinski definition) is 4. The number of ether oxygens (including phenoxy) is 1. The third kappa shape index (κ3) is 2.23. The Morgan fingerprint density at radius 2 is 2.46 bits per heavy atom. The van der Waals surface area contributed by atoms with Crippen LogP contribution in [-0.4, -0.2) is 29.7 Å². The summed E-state index contributed by atoms with van der Waals surface area (Å²) in [7, 11) is 0. The van der Waals surface area contributed by atoms with E-state index in [9.17, 15) is 0 Å². The monoisotopic (exact) mass is 179 g/mol. The van der Waals surface area contributed by atoms with Gasteiger partial charge in [-0.1, -0.05) is 0 Å². The van der Waals surface area contributed by atoms with Gasteiger partial charge in [0.15, 0.2) is 0 Å². The summed E-state index contributed by atoms with van der Waals surface area (Å²) in [5, 5.41) is 3.30. The molecular formula is C9H13N3O. The van der Waals surface area contributed by atoms with Crippen LogP contribution in [0.3, 0.4) is 0 Å². The summed E-state index contributed by atoms with van der Waals surface area (Å²) in [6.45, 7) is 2.66. The summed E-state index contributed by atoms with van der Waals surface area (Å²) in [6.07, 6.45) is 6.27. The van der Waals surface area contributed by atoms with Crippen LogP contribution in [0.1, 0.15) is 18.2 Å². The lowest BCUT2D eigenvalue weighted by atomic mass is 10.2. The maximum absolute atomic E-state index is 5.62. The lowest BCUT2D eigenvalue weighted by Gasteiger charge is -2.12. The summed E-state index contributed by atoms with van der Waals surface area (Å²) < 4.78 is 5.62. The van der Waals surface area contributed by atoms with Crippen molar-refractivity contribution in [3.05, 3.63) is 24.3 Å². The molecule has 0 saturated carbocycles. The predicted molar refractivity (Wildman–Crippen MR) is 48.2 cm³/mol. The lowest BCUT2D eigenvalue weighted by Crippen LogP contribution is -2.20. The van der Waals surface area contributed by atoms with Crippen molar-refractivity contribution in [3.8, 4) is 0 Å². The van der Waals surface area contributed by atoms with E-state index in [1.54, 1.807) is 18.6 Å². The van der Waals surface area contributed by atoms with E-state index in [-0.39, 0.29) is 6.10 Å². The smallest absolute Gasteiger partial charge is 0.113 e. The van der Waals surface area contributed by atoms with Gasteiger partial charge in [-0.25, -0.2) is 0 Å². The van der Waals surface area contributed by atoms with Gasteiger partial charge in [0.1, 0.15) is 6.10 Å². The van der Waals surface area contributed by atoms with Crippen LogP contribution in [0, 0.1) is 0 Å². The van der Waals surface area contributed by atoms with E-state index in [0.717, 1.165) is 31.8 Å². The fourth-order valence-electron chi connectivity index (χ4n) is 1.38. The van der Waals surface area contributed by atoms with E-state index in [1.165, 1.54) is 0 Å². The highest BCUT2D eigenvalue weighted by Crippen LogP contribution is 2.14. The maximum atomic E-state index is 5.62. The summed E-state index contributed by atoms with van der Waals surface area (Å²) in [5.74, 6) is 0. The summed E-state index contributed by atoms with van der Waals surface area (Å²) in [4.78, 5) is 8.24. The van der Waals surface area contributed by atoms with E-state index < -0.39 is 0 Å². The molecule has 0 bridgehead atoms. The Morgan fingerprint density at radius 1 is 1.46 bits per heavy atom. The molecule has 1 atom stereocenters. The minimum absolute atomic E-state index is 0.0659. The van der Waals surface area contributed by atoms with E-state index in [2.05, 4.69) is 15.3 Å². The summed E-state index contributed by atoms with van der Waals surface area (Å²) in [5.41, 5.74) is 0.914. The molecule has 13 heavy (non-hydrogen) atoms. The van der Waals surface area contributed by atoms with Gasteiger partial charge in [-0.05, 0) is 13.0 Å². The molecule has 1 aromatic rings. The van der Waals surface area contributed by atoms with Crippen molar-refractivity contribution in [3.63, 3.8) is 0 Å². The van der Waals surface area contributed by atoms with Gasteiger partial charge in [-0.2, -0.15) is 0 Å². The van der Waals surface area contributed by atoms with Gasteiger partial charge in [0, 0.05) is 25.5 Å². The first-order chi connectivity index (χ1) is 6.47. The van der Waals surface area contributed by atoms with Crippen LogP contribution in [0.15, 0.2) is 18.6 Å². The highest BCUT2D eigenvalue weighted by Gasteiger charge is 2.15. The molecule has 0 amide bonds. The first-order valence-corrected chi connectivity index (χ1v) is 4.55. The molecule has 1 aliphatic rings. The third-order valence-corrected chi connectivity index (χ3v) is 2.06. The Morgan fingerprint density at radius 3 is 3.31 bits per heavy atom. The molecule has 1 N–H and O–H groups in total. The zero-order valence-corrected chi connectivity index (χ0v) is 7.44. The van der Waals surface area contributed by atoms with Crippen molar-refractivity contribution in [2.75, 3.05) is 19.7 Å². The van der Waals surface area contributed by atoms with Gasteiger partial charge >= 0.3 is 0 Å². The van der Waals surface area contributed by atoms with Crippen molar-refractivity contribution in [1.29, 1.82) is 0 Å². The van der Waals surface area contributed by atoms with Gasteiger partial charge in [0.25, 0.3) is 0 Å². The molecule has 4 heteroatoms. The highest BCUT2D eigenvalue weighted by atomic mass is 16.5. The van der Waals surface area contributed by atoms with Crippen molar-refractivity contribution in [1.82, 2.24) is 15.3 Å². The van der Waals surface area contributed by atoms with E-state index in [4.69, 9.17) is 4.74 Å². The van der Waals surface area contributed by atoms with Crippen LogP contribution in [0.2, 0.25) is 0 Å². The van der Waals surface area contributed by atoms with Crippen molar-refractivity contribution in [2.24, 2.45) is 0 Å². The normalized spacial score (nSPS) is 23.8. The molecule has 70 valence electrons. The van der Waals surface area contributed by atoms with Crippen LogP contribution >= 0.6 is 0 Å². The SMILES string of the molecule is c1cnc([C@H]2CNCCCO2)cn1. The van der Waals surface area contributed by atoms with Gasteiger partial charge < -0.3 is 10.1 Å². The molecule has 1 saturated heterocycles. The highest BCUT2D eigenvalue weighted by molar-refractivity contribution is 5.00. The van der Waals surface area contributed by atoms with E-state index in [0.29, 0.717) is 0 Å². The minimum Gasteiger partial charge on any atom is -0.370 e. The number of hydrogen-bond donors (Lipinski definition) is 1. The van der Waals surface area contributed by atoms with Crippen molar-refractivity contribution in [2.45, 2.75) is 12.5 Å². The molecule has 2 rings (SSSR count). The average Bonchev–Trinajstić information content (AvgIpc) is 2.47. The van der Waals surface area contributed by atoms with Gasteiger partial charge in [-0.3, -0.25) is 9.97 Å². The van der Waals surface area contributed by atoms with E-state index in [1.807, 2.05) is 0 Å². The van der Waals surface area contributed by atoms with Crippen molar-refractivity contribution >= 4 is 0 Å². The second kappa shape index (κ2) is 4.30. The zero-order chi connectivity index (χ0) is 8.93. The molecule has 1 aliphatic heterocycles. The van der Waals surface area contributed by atoms with Crippen LogP contribution < -0.4 is 5.32 Å². The Hall–Kier alpha value is -1.00. The minimum atomic E-state index is 0.0659. The van der Waals surface area contributed by atoms with E-state index >= 15 is 0 Å². The maximum Gasteiger partial charge on any atom is 0.113 e. The Balaban J connectivity index is 2.06. The largest absolute Gasteiger partial charge is 0.370 e. The second-order valence-electron chi connectivity index (χ2n) is 3.05. The van der Waals surface area contributed by atoms with Gasteiger partial charge in [0.2, 0.25) is 0 Å². The fourth-order valence-corrected chi connectivity index (χ4v) is 1.38. The topological polar surface area (TPSA) is 47.0 Å². The number of aromatic nitrogens is 2. The first-order valence-electron chi connectivity index (χ1n) is 4.55. The van der Waals surface area contributed by atoms with Gasteiger partial charge in [0.05, 0.1) is 11.9 Å². The molecule has 0 unspecified atom stereocenters. The molecule has 1 aromatic heterocycles. The first kappa shape index (κ1) is 8.59. The fraction of sp³-hybridized carbons (Fsp3) is 0.556. The third-order valence-electron chi connectivity index (χ3n) is 2.06. The van der Waals surface area contributed by atoms with Crippen LogP contribution in [0.25, 0.3) is 0 Å². The quantitative estimate of drug-likeness (QED) is 0.683. The molecule has 0 aromatic carbocycles. The predicted octanol–water partition coefficient (Wildman–Crippen LogP) is 0.528. The number of rotatable bonds is 1. The lowest BCUT2D eigenvalue weighted by molar-refractivity contribution is 0.0636. The molecule has 4 nitrogen and oxygen atoms in total. The Kier molecular flexibility index (Phi) is 2.84. The van der Waals surface area contributed by atoms with Crippen LogP contribution in [0.5, 0.6) is 0 Å². The number of nitrogens with one attached hydrogen (secondary N) is 1.